The summed E-state index contributed by atoms with van der Waals surface area (Å²) in [6.07, 6.45) is 0. The number of carbonyl (C=O) groups is 1. The summed E-state index contributed by atoms with van der Waals surface area (Å²) in [6.45, 7) is 3.06. The van der Waals surface area contributed by atoms with Crippen LogP contribution in [0, 0.1) is 0 Å². The number of carbonyl (C=O) groups excluding carboxylic acids is 1. The van der Waals surface area contributed by atoms with Crippen molar-refractivity contribution in [1.29, 1.82) is 0 Å². The van der Waals surface area contributed by atoms with Gasteiger partial charge in [0.15, 0.2) is 0 Å². The van der Waals surface area contributed by atoms with Crippen molar-refractivity contribution >= 4 is 69.6 Å². The normalized spacial score (nSPS) is 14.9. The topological polar surface area (TPSA) is 20.3 Å². The van der Waals surface area contributed by atoms with Crippen molar-refractivity contribution in [3.8, 4) is 0 Å². The number of hydrogen-bond acceptors (Lipinski definition) is 1. The molecular weight excluding hydrogens is 446 g/mol. The summed E-state index contributed by atoms with van der Waals surface area (Å²) < 4.78 is 0. The van der Waals surface area contributed by atoms with Crippen LogP contribution >= 0.6 is 63.7 Å². The average molecular weight is 459 g/mol. The number of halogens is 4. The Hall–Kier alpha value is 1.39. The maximum atomic E-state index is 11.3. The molecule has 0 aromatic rings. The summed E-state index contributed by atoms with van der Waals surface area (Å²) in [6, 6.07) is 0. The molecule has 84 valence electrons. The highest BCUT2D eigenvalue weighted by atomic mass is 79.9. The van der Waals surface area contributed by atoms with Gasteiger partial charge in [-0.15, -0.1) is 0 Å². The lowest BCUT2D eigenvalue weighted by Gasteiger charge is -2.24. The number of nitrogens with zero attached hydrogens (tertiary/aromatic N) is 1. The summed E-state index contributed by atoms with van der Waals surface area (Å²) in [7, 11) is 0. The molecule has 0 fully saturated rings. The molecule has 0 aromatic carbocycles. The first-order chi connectivity index (χ1) is 6.51. The van der Waals surface area contributed by atoms with E-state index in [1.165, 1.54) is 0 Å². The Bertz CT molecular complexity index is 167. The van der Waals surface area contributed by atoms with Gasteiger partial charge >= 0.3 is 0 Å². The molecule has 0 aliphatic rings. The van der Waals surface area contributed by atoms with Crippen molar-refractivity contribution in [3.63, 3.8) is 0 Å². The second-order valence-corrected chi connectivity index (χ2v) is 6.81. The molecule has 0 N–H and O–H groups in total. The molecule has 0 spiro atoms. The van der Waals surface area contributed by atoms with E-state index >= 15 is 0 Å². The smallest absolute Gasteiger partial charge is 0.219 e. The van der Waals surface area contributed by atoms with Gasteiger partial charge in [-0.1, -0.05) is 63.7 Å². The van der Waals surface area contributed by atoms with Gasteiger partial charge in [0.25, 0.3) is 0 Å². The molecule has 2 unspecified atom stereocenters. The van der Waals surface area contributed by atoms with E-state index in [0.29, 0.717) is 9.65 Å². The molecule has 2 atom stereocenters. The molecular formula is C8H13Br4NO. The minimum Gasteiger partial charge on any atom is -0.341 e. The quantitative estimate of drug-likeness (QED) is 0.560. The number of amides is 1. The molecule has 14 heavy (non-hydrogen) atoms. The highest BCUT2D eigenvalue weighted by Gasteiger charge is 2.16. The lowest BCUT2D eigenvalue weighted by Crippen LogP contribution is -2.38. The Morgan fingerprint density at radius 1 is 1.14 bits per heavy atom. The van der Waals surface area contributed by atoms with Gasteiger partial charge in [0.2, 0.25) is 5.91 Å². The minimum absolute atomic E-state index is 0.112. The molecule has 2 nitrogen and oxygen atoms in total. The Morgan fingerprint density at radius 2 is 1.50 bits per heavy atom. The van der Waals surface area contributed by atoms with Crippen LogP contribution in [0.15, 0.2) is 0 Å². The van der Waals surface area contributed by atoms with Crippen LogP contribution in [0.2, 0.25) is 0 Å². The highest BCUT2D eigenvalue weighted by molar-refractivity contribution is 9.12. The third-order valence-electron chi connectivity index (χ3n) is 1.62. The monoisotopic (exact) mass is 455 g/mol. The summed E-state index contributed by atoms with van der Waals surface area (Å²) >= 11 is 13.7. The maximum absolute atomic E-state index is 11.3. The standard InChI is InChI=1S/C8H13Br4NO/c1-6(14)13(4-7(11)2-9)5-8(12)3-10/h7-8H,2-5H2,1H3. The summed E-state index contributed by atoms with van der Waals surface area (Å²) in [5, 5.41) is 1.69. The van der Waals surface area contributed by atoms with E-state index < -0.39 is 0 Å². The predicted octanol–water partition coefficient (Wildman–Crippen LogP) is 3.15. The fraction of sp³-hybridized carbons (Fsp3) is 0.875. The zero-order chi connectivity index (χ0) is 11.1. The molecule has 0 bridgehead atoms. The van der Waals surface area contributed by atoms with Crippen LogP contribution in [-0.4, -0.2) is 44.2 Å². The second kappa shape index (κ2) is 8.53. The van der Waals surface area contributed by atoms with Crippen LogP contribution in [-0.2, 0) is 4.79 Å². The molecule has 1 amide bonds. The van der Waals surface area contributed by atoms with E-state index in [2.05, 4.69) is 63.7 Å². The summed E-state index contributed by atoms with van der Waals surface area (Å²) in [4.78, 5) is 13.7. The van der Waals surface area contributed by atoms with Gasteiger partial charge in [-0.05, 0) is 0 Å². The van der Waals surface area contributed by atoms with E-state index in [4.69, 9.17) is 0 Å². The fourth-order valence-electron chi connectivity index (χ4n) is 0.908. The zero-order valence-corrected chi connectivity index (χ0v) is 14.2. The molecule has 0 saturated carbocycles. The molecule has 0 aromatic heterocycles. The van der Waals surface area contributed by atoms with Crippen molar-refractivity contribution in [1.82, 2.24) is 4.90 Å². The van der Waals surface area contributed by atoms with Gasteiger partial charge in [0.1, 0.15) is 0 Å². The number of alkyl halides is 4. The molecule has 0 saturated heterocycles. The first kappa shape index (κ1) is 15.4. The SMILES string of the molecule is CC(=O)N(CC(Br)CBr)CC(Br)CBr. The lowest BCUT2D eigenvalue weighted by atomic mass is 10.3. The maximum Gasteiger partial charge on any atom is 0.219 e. The van der Waals surface area contributed by atoms with E-state index in [1.807, 2.05) is 4.90 Å². The van der Waals surface area contributed by atoms with E-state index in [1.54, 1.807) is 6.92 Å². The third-order valence-corrected chi connectivity index (χ3v) is 6.14. The molecule has 0 radical (unpaired) electrons. The summed E-state index contributed by atoms with van der Waals surface area (Å²) in [5.41, 5.74) is 0. The van der Waals surface area contributed by atoms with Crippen molar-refractivity contribution in [2.24, 2.45) is 0 Å². The van der Waals surface area contributed by atoms with Crippen LogP contribution in [0.1, 0.15) is 6.92 Å². The average Bonchev–Trinajstić information content (AvgIpc) is 2.16. The van der Waals surface area contributed by atoms with E-state index in [0.717, 1.165) is 23.7 Å². The van der Waals surface area contributed by atoms with E-state index in [9.17, 15) is 4.79 Å². The Balaban J connectivity index is 4.09. The molecule has 6 heteroatoms. The van der Waals surface area contributed by atoms with Gasteiger partial charge in [0, 0.05) is 40.3 Å². The first-order valence-corrected chi connectivity index (χ1v) is 8.24. The van der Waals surface area contributed by atoms with Gasteiger partial charge in [0.05, 0.1) is 0 Å². The predicted molar refractivity (Wildman–Crippen MR) is 75.3 cm³/mol. The Labute approximate surface area is 119 Å². The van der Waals surface area contributed by atoms with E-state index in [-0.39, 0.29) is 5.91 Å². The van der Waals surface area contributed by atoms with Gasteiger partial charge in [-0.3, -0.25) is 4.79 Å². The van der Waals surface area contributed by atoms with Crippen LogP contribution in [0.5, 0.6) is 0 Å². The Kier molecular flexibility index (Phi) is 9.38. The van der Waals surface area contributed by atoms with Crippen LogP contribution in [0.3, 0.4) is 0 Å². The zero-order valence-electron chi connectivity index (χ0n) is 7.85. The van der Waals surface area contributed by atoms with Crippen molar-refractivity contribution in [2.45, 2.75) is 16.6 Å². The first-order valence-electron chi connectivity index (χ1n) is 4.16. The van der Waals surface area contributed by atoms with Gasteiger partial charge < -0.3 is 4.90 Å². The highest BCUT2D eigenvalue weighted by Crippen LogP contribution is 2.11. The minimum atomic E-state index is 0.112. The van der Waals surface area contributed by atoms with Crippen molar-refractivity contribution in [2.75, 3.05) is 23.7 Å². The van der Waals surface area contributed by atoms with Crippen LogP contribution in [0.4, 0.5) is 0 Å². The van der Waals surface area contributed by atoms with Gasteiger partial charge in [-0.2, -0.15) is 0 Å². The lowest BCUT2D eigenvalue weighted by molar-refractivity contribution is -0.128. The molecule has 0 aliphatic heterocycles. The summed E-state index contributed by atoms with van der Waals surface area (Å²) in [5.74, 6) is 0.112. The van der Waals surface area contributed by atoms with Crippen molar-refractivity contribution in [3.05, 3.63) is 0 Å². The largest absolute Gasteiger partial charge is 0.341 e. The Morgan fingerprint density at radius 3 is 1.71 bits per heavy atom. The molecule has 0 aliphatic carbocycles. The number of rotatable bonds is 6. The van der Waals surface area contributed by atoms with Gasteiger partial charge in [-0.25, -0.2) is 0 Å². The van der Waals surface area contributed by atoms with Crippen LogP contribution in [0.25, 0.3) is 0 Å². The van der Waals surface area contributed by atoms with Crippen molar-refractivity contribution < 1.29 is 4.79 Å². The molecule has 0 heterocycles. The second-order valence-electron chi connectivity index (χ2n) is 2.93. The third kappa shape index (κ3) is 6.80. The number of hydrogen-bond donors (Lipinski definition) is 0. The fourth-order valence-corrected chi connectivity index (χ4v) is 2.02. The molecule has 0 rings (SSSR count). The van der Waals surface area contributed by atoms with Crippen LogP contribution < -0.4 is 0 Å².